The molecule has 9 heteroatoms. The van der Waals surface area contributed by atoms with E-state index < -0.39 is 16.6 Å². The lowest BCUT2D eigenvalue weighted by Crippen LogP contribution is -2.37. The first kappa shape index (κ1) is 21.2. The number of amides is 1. The summed E-state index contributed by atoms with van der Waals surface area (Å²) < 4.78 is 0. The maximum atomic E-state index is 12.8. The van der Waals surface area contributed by atoms with E-state index in [2.05, 4.69) is 5.32 Å². The second kappa shape index (κ2) is 10.3. The molecule has 0 aliphatic heterocycles. The van der Waals surface area contributed by atoms with Gasteiger partial charge in [-0.1, -0.05) is 30.3 Å². The topological polar surface area (TPSA) is 133 Å². The Kier molecular flexibility index (Phi) is 7.76. The first-order valence-corrected chi connectivity index (χ1v) is 8.58. The molecule has 0 aliphatic carbocycles. The van der Waals surface area contributed by atoms with Crippen LogP contribution in [0.1, 0.15) is 15.9 Å². The molecule has 0 radical (unpaired) electrons. The van der Waals surface area contributed by atoms with Crippen LogP contribution in [0, 0.1) is 10.1 Å². The number of hydrogen-bond donors (Lipinski definition) is 3. The van der Waals surface area contributed by atoms with Gasteiger partial charge in [0.05, 0.1) is 35.9 Å². The molecule has 2 aromatic carbocycles. The Bertz CT molecular complexity index is 835. The summed E-state index contributed by atoms with van der Waals surface area (Å²) in [5.41, 5.74) is 0.224. The van der Waals surface area contributed by atoms with E-state index in [-0.39, 0.29) is 49.8 Å². The van der Waals surface area contributed by atoms with Crippen molar-refractivity contribution in [3.05, 3.63) is 69.8 Å². The molecule has 0 atom stereocenters. The van der Waals surface area contributed by atoms with Gasteiger partial charge in [0.1, 0.15) is 0 Å². The van der Waals surface area contributed by atoms with Gasteiger partial charge in [-0.2, -0.15) is 0 Å². The summed E-state index contributed by atoms with van der Waals surface area (Å²) in [5, 5.41) is 31.7. The monoisotopic (exact) mass is 387 g/mol. The minimum atomic E-state index is -0.613. The number of nitrogens with zero attached hydrogens (tertiary/aromatic N) is 2. The van der Waals surface area contributed by atoms with Crippen LogP contribution in [0.4, 0.5) is 11.4 Å². The van der Waals surface area contributed by atoms with Gasteiger partial charge in [-0.05, 0) is 6.07 Å². The third-order valence-electron chi connectivity index (χ3n) is 3.97. The van der Waals surface area contributed by atoms with Crippen LogP contribution < -0.4 is 5.32 Å². The van der Waals surface area contributed by atoms with Crippen molar-refractivity contribution in [1.82, 2.24) is 4.90 Å². The van der Waals surface area contributed by atoms with E-state index in [1.165, 1.54) is 12.1 Å². The largest absolute Gasteiger partial charge is 0.395 e. The highest BCUT2D eigenvalue weighted by atomic mass is 16.6. The number of anilines is 1. The fourth-order valence-electron chi connectivity index (χ4n) is 2.63. The zero-order chi connectivity index (χ0) is 20.5. The number of carbonyl (C=O) groups excluding carboxylic acids is 2. The number of rotatable bonds is 10. The van der Waals surface area contributed by atoms with Gasteiger partial charge in [0, 0.05) is 30.8 Å². The van der Waals surface area contributed by atoms with Crippen LogP contribution in [0.15, 0.2) is 48.5 Å². The van der Waals surface area contributed by atoms with Crippen LogP contribution >= 0.6 is 0 Å². The average Bonchev–Trinajstić information content (AvgIpc) is 2.68. The molecule has 0 fully saturated rings. The van der Waals surface area contributed by atoms with Gasteiger partial charge in [-0.15, -0.1) is 0 Å². The molecule has 0 saturated carbocycles. The number of nitrogens with one attached hydrogen (secondary N) is 1. The highest BCUT2D eigenvalue weighted by Gasteiger charge is 2.20. The lowest BCUT2D eigenvalue weighted by molar-refractivity contribution is -0.384. The van der Waals surface area contributed by atoms with Crippen molar-refractivity contribution in [1.29, 1.82) is 0 Å². The van der Waals surface area contributed by atoms with Crippen LogP contribution in [0.25, 0.3) is 0 Å². The number of nitro benzene ring substituents is 1. The SMILES string of the molecule is O=C(CN(CCO)CCO)Nc1ccc([N+](=O)[O-])cc1C(=O)c1ccccc1. The molecule has 148 valence electrons. The Morgan fingerprint density at radius 3 is 2.25 bits per heavy atom. The summed E-state index contributed by atoms with van der Waals surface area (Å²) in [5.74, 6) is -0.931. The van der Waals surface area contributed by atoms with Crippen molar-refractivity contribution >= 4 is 23.1 Å². The van der Waals surface area contributed by atoms with Crippen LogP contribution in [0.2, 0.25) is 0 Å². The number of aliphatic hydroxyl groups is 2. The normalized spacial score (nSPS) is 10.7. The van der Waals surface area contributed by atoms with Gasteiger partial charge in [-0.3, -0.25) is 24.6 Å². The molecule has 0 unspecified atom stereocenters. The zero-order valence-electron chi connectivity index (χ0n) is 15.1. The third kappa shape index (κ3) is 5.68. The van der Waals surface area contributed by atoms with E-state index >= 15 is 0 Å². The molecule has 0 bridgehead atoms. The summed E-state index contributed by atoms with van der Waals surface area (Å²) in [6, 6.07) is 11.9. The summed E-state index contributed by atoms with van der Waals surface area (Å²) in [6.07, 6.45) is 0. The average molecular weight is 387 g/mol. The molecule has 3 N–H and O–H groups in total. The molecule has 9 nitrogen and oxygen atoms in total. The van der Waals surface area contributed by atoms with Crippen LogP contribution in [0.3, 0.4) is 0 Å². The van der Waals surface area contributed by atoms with E-state index in [9.17, 15) is 19.7 Å². The van der Waals surface area contributed by atoms with Crippen molar-refractivity contribution in [2.75, 3.05) is 38.2 Å². The summed E-state index contributed by atoms with van der Waals surface area (Å²) in [7, 11) is 0. The summed E-state index contributed by atoms with van der Waals surface area (Å²) >= 11 is 0. The van der Waals surface area contributed by atoms with Crippen LogP contribution in [-0.2, 0) is 4.79 Å². The Morgan fingerprint density at radius 2 is 1.68 bits per heavy atom. The smallest absolute Gasteiger partial charge is 0.270 e. The number of hydrogen-bond acceptors (Lipinski definition) is 7. The van der Waals surface area contributed by atoms with Crippen molar-refractivity contribution in [3.8, 4) is 0 Å². The number of non-ortho nitro benzene ring substituents is 1. The highest BCUT2D eigenvalue weighted by Crippen LogP contribution is 2.25. The first-order chi connectivity index (χ1) is 13.5. The van der Waals surface area contributed by atoms with Gasteiger partial charge in [0.15, 0.2) is 5.78 Å². The van der Waals surface area contributed by atoms with Gasteiger partial charge in [0.2, 0.25) is 5.91 Å². The Hall–Kier alpha value is -3.14. The van der Waals surface area contributed by atoms with Crippen molar-refractivity contribution < 1.29 is 24.7 Å². The minimum absolute atomic E-state index is 0.00427. The Labute approximate surface area is 161 Å². The van der Waals surface area contributed by atoms with E-state index in [1.54, 1.807) is 35.2 Å². The van der Waals surface area contributed by atoms with Gasteiger partial charge >= 0.3 is 0 Å². The molecule has 0 heterocycles. The molecule has 0 saturated heterocycles. The molecule has 0 aromatic heterocycles. The summed E-state index contributed by atoms with van der Waals surface area (Å²) in [4.78, 5) is 37.2. The van der Waals surface area contributed by atoms with Crippen molar-refractivity contribution in [2.24, 2.45) is 0 Å². The molecule has 2 aromatic rings. The standard InChI is InChI=1S/C19H21N3O6/c23-10-8-21(9-11-24)13-18(25)20-17-7-6-15(22(27)28)12-16(17)19(26)14-4-2-1-3-5-14/h1-7,12,23-24H,8-11,13H2,(H,20,25). The third-order valence-corrected chi connectivity index (χ3v) is 3.97. The summed E-state index contributed by atoms with van der Waals surface area (Å²) in [6.45, 7) is -0.0731. The maximum Gasteiger partial charge on any atom is 0.270 e. The number of carbonyl (C=O) groups is 2. The Balaban J connectivity index is 2.29. The predicted molar refractivity (Wildman–Crippen MR) is 102 cm³/mol. The lowest BCUT2D eigenvalue weighted by Gasteiger charge is -2.20. The van der Waals surface area contributed by atoms with Gasteiger partial charge < -0.3 is 15.5 Å². The van der Waals surface area contributed by atoms with Crippen molar-refractivity contribution in [3.63, 3.8) is 0 Å². The van der Waals surface area contributed by atoms with Crippen LogP contribution in [0.5, 0.6) is 0 Å². The maximum absolute atomic E-state index is 12.8. The van der Waals surface area contributed by atoms with E-state index in [0.717, 1.165) is 6.07 Å². The fraction of sp³-hybridized carbons (Fsp3) is 0.263. The first-order valence-electron chi connectivity index (χ1n) is 8.58. The van der Waals surface area contributed by atoms with Crippen molar-refractivity contribution in [2.45, 2.75) is 0 Å². The molecule has 0 spiro atoms. The Morgan fingerprint density at radius 1 is 1.04 bits per heavy atom. The predicted octanol–water partition coefficient (Wildman–Crippen LogP) is 1.05. The molecular weight excluding hydrogens is 366 g/mol. The molecule has 2 rings (SSSR count). The minimum Gasteiger partial charge on any atom is -0.395 e. The molecule has 28 heavy (non-hydrogen) atoms. The zero-order valence-corrected chi connectivity index (χ0v) is 15.1. The lowest BCUT2D eigenvalue weighted by atomic mass is 10.0. The van der Waals surface area contributed by atoms with E-state index in [0.29, 0.717) is 5.56 Å². The molecule has 0 aliphatic rings. The number of aliphatic hydroxyl groups excluding tert-OH is 2. The second-order valence-electron chi connectivity index (χ2n) is 5.95. The number of benzene rings is 2. The molecular formula is C19H21N3O6. The fourth-order valence-corrected chi connectivity index (χ4v) is 2.63. The second-order valence-corrected chi connectivity index (χ2v) is 5.95. The highest BCUT2D eigenvalue weighted by molar-refractivity contribution is 6.14. The van der Waals surface area contributed by atoms with E-state index in [1.807, 2.05) is 0 Å². The number of ketones is 1. The number of nitro groups is 1. The van der Waals surface area contributed by atoms with Crippen LogP contribution in [-0.4, -0.2) is 64.6 Å². The van der Waals surface area contributed by atoms with Gasteiger partial charge in [-0.25, -0.2) is 0 Å². The quantitative estimate of drug-likeness (QED) is 0.315. The van der Waals surface area contributed by atoms with Gasteiger partial charge in [0.25, 0.3) is 5.69 Å². The van der Waals surface area contributed by atoms with E-state index in [4.69, 9.17) is 10.2 Å². The molecule has 1 amide bonds.